The van der Waals surface area contributed by atoms with E-state index in [1.807, 2.05) is 32.0 Å². The third-order valence-corrected chi connectivity index (χ3v) is 3.57. The summed E-state index contributed by atoms with van der Waals surface area (Å²) in [6.07, 6.45) is 0. The molecule has 120 valence electrons. The Labute approximate surface area is 135 Å². The molecule has 5 nitrogen and oxygen atoms in total. The topological polar surface area (TPSA) is 84.2 Å². The molecule has 23 heavy (non-hydrogen) atoms. The van der Waals surface area contributed by atoms with Crippen LogP contribution in [-0.2, 0) is 4.79 Å². The molecule has 4 N–H and O–H groups in total. The van der Waals surface area contributed by atoms with E-state index in [4.69, 9.17) is 5.73 Å². The predicted molar refractivity (Wildman–Crippen MR) is 92.6 cm³/mol. The second kappa shape index (κ2) is 6.96. The summed E-state index contributed by atoms with van der Waals surface area (Å²) in [5.74, 6) is -0.649. The molecular formula is C18H21N3O2. The number of nitrogens with two attached hydrogens (primary N) is 1. The summed E-state index contributed by atoms with van der Waals surface area (Å²) in [5.41, 5.74) is 9.22. The molecule has 1 unspecified atom stereocenters. The van der Waals surface area contributed by atoms with Crippen molar-refractivity contribution in [2.24, 2.45) is 5.73 Å². The molecule has 0 saturated heterocycles. The van der Waals surface area contributed by atoms with Crippen LogP contribution < -0.4 is 16.4 Å². The molecule has 5 heteroatoms. The number of carbonyl (C=O) groups excluding carboxylic acids is 2. The van der Waals surface area contributed by atoms with Crippen molar-refractivity contribution in [2.75, 3.05) is 10.6 Å². The molecule has 0 aromatic heterocycles. The Bertz CT molecular complexity index is 741. The Balaban J connectivity index is 2.07. The lowest BCUT2D eigenvalue weighted by atomic mass is 10.1. The Kier molecular flexibility index (Phi) is 5.01. The van der Waals surface area contributed by atoms with Crippen LogP contribution in [0.5, 0.6) is 0 Å². The summed E-state index contributed by atoms with van der Waals surface area (Å²) in [7, 11) is 0. The summed E-state index contributed by atoms with van der Waals surface area (Å²) in [6.45, 7) is 5.69. The smallest absolute Gasteiger partial charge is 0.248 e. The quantitative estimate of drug-likeness (QED) is 0.794. The van der Waals surface area contributed by atoms with Crippen molar-refractivity contribution in [1.29, 1.82) is 0 Å². The van der Waals surface area contributed by atoms with Gasteiger partial charge in [0.15, 0.2) is 0 Å². The summed E-state index contributed by atoms with van der Waals surface area (Å²) in [4.78, 5) is 23.5. The first-order chi connectivity index (χ1) is 10.9. The molecule has 0 saturated carbocycles. The van der Waals surface area contributed by atoms with E-state index in [-0.39, 0.29) is 5.91 Å². The molecule has 0 spiro atoms. The first-order valence-corrected chi connectivity index (χ1v) is 7.41. The van der Waals surface area contributed by atoms with Crippen LogP contribution in [0.1, 0.15) is 28.4 Å². The number of carbonyl (C=O) groups is 2. The molecule has 0 aliphatic heterocycles. The molecule has 0 bridgehead atoms. The molecular weight excluding hydrogens is 290 g/mol. The van der Waals surface area contributed by atoms with Gasteiger partial charge in [-0.15, -0.1) is 0 Å². The zero-order chi connectivity index (χ0) is 17.0. The highest BCUT2D eigenvalue weighted by atomic mass is 16.2. The standard InChI is InChI=1S/C18H21N3O2/c1-11-7-8-12(2)16(9-11)21-18(23)13(3)20-15-6-4-5-14(10-15)17(19)22/h4-10,13,20H,1-3H3,(H2,19,22)(H,21,23). The first-order valence-electron chi connectivity index (χ1n) is 7.41. The fourth-order valence-corrected chi connectivity index (χ4v) is 2.19. The van der Waals surface area contributed by atoms with Crippen molar-refractivity contribution in [3.05, 3.63) is 59.2 Å². The Morgan fingerprint density at radius 3 is 2.52 bits per heavy atom. The number of hydrogen-bond acceptors (Lipinski definition) is 3. The van der Waals surface area contributed by atoms with Crippen LogP contribution in [-0.4, -0.2) is 17.9 Å². The first kappa shape index (κ1) is 16.5. The van der Waals surface area contributed by atoms with Gasteiger partial charge in [-0.25, -0.2) is 0 Å². The zero-order valence-corrected chi connectivity index (χ0v) is 13.5. The summed E-state index contributed by atoms with van der Waals surface area (Å²) in [5, 5.41) is 5.99. The van der Waals surface area contributed by atoms with Gasteiger partial charge in [0.1, 0.15) is 6.04 Å². The van der Waals surface area contributed by atoms with Crippen LogP contribution in [0.3, 0.4) is 0 Å². The van der Waals surface area contributed by atoms with Gasteiger partial charge in [0, 0.05) is 16.9 Å². The van der Waals surface area contributed by atoms with Crippen LogP contribution in [0.2, 0.25) is 0 Å². The normalized spacial score (nSPS) is 11.6. The third kappa shape index (κ3) is 4.32. The van der Waals surface area contributed by atoms with E-state index in [1.165, 1.54) is 0 Å². The number of rotatable bonds is 5. The molecule has 0 aliphatic carbocycles. The van der Waals surface area contributed by atoms with Crippen LogP contribution >= 0.6 is 0 Å². The highest BCUT2D eigenvalue weighted by Gasteiger charge is 2.14. The number of amides is 2. The highest BCUT2D eigenvalue weighted by Crippen LogP contribution is 2.17. The fraction of sp³-hybridized carbons (Fsp3) is 0.222. The Morgan fingerprint density at radius 1 is 1.09 bits per heavy atom. The molecule has 2 amide bonds. The Hall–Kier alpha value is -2.82. The van der Waals surface area contributed by atoms with Gasteiger partial charge < -0.3 is 16.4 Å². The third-order valence-electron chi connectivity index (χ3n) is 3.57. The maximum Gasteiger partial charge on any atom is 0.248 e. The van der Waals surface area contributed by atoms with Crippen molar-refractivity contribution < 1.29 is 9.59 Å². The van der Waals surface area contributed by atoms with E-state index in [0.717, 1.165) is 16.8 Å². The monoisotopic (exact) mass is 311 g/mol. The molecule has 2 aromatic carbocycles. The molecule has 0 aliphatic rings. The van der Waals surface area contributed by atoms with Crippen molar-refractivity contribution in [3.8, 4) is 0 Å². The van der Waals surface area contributed by atoms with E-state index in [9.17, 15) is 9.59 Å². The van der Waals surface area contributed by atoms with E-state index in [2.05, 4.69) is 10.6 Å². The van der Waals surface area contributed by atoms with Gasteiger partial charge in [-0.05, 0) is 56.2 Å². The van der Waals surface area contributed by atoms with Crippen molar-refractivity contribution in [2.45, 2.75) is 26.8 Å². The van der Waals surface area contributed by atoms with Gasteiger partial charge in [0.05, 0.1) is 0 Å². The molecule has 0 heterocycles. The summed E-state index contributed by atoms with van der Waals surface area (Å²) in [6, 6.07) is 12.2. The minimum atomic E-state index is -0.499. The van der Waals surface area contributed by atoms with Crippen LogP contribution in [0.25, 0.3) is 0 Å². The average molecular weight is 311 g/mol. The number of primary amides is 1. The Morgan fingerprint density at radius 2 is 1.83 bits per heavy atom. The molecule has 2 aromatic rings. The zero-order valence-electron chi connectivity index (χ0n) is 13.5. The molecule has 1 atom stereocenters. The molecule has 0 fully saturated rings. The maximum atomic E-state index is 12.3. The fourth-order valence-electron chi connectivity index (χ4n) is 2.19. The minimum Gasteiger partial charge on any atom is -0.374 e. The average Bonchev–Trinajstić information content (AvgIpc) is 2.51. The van der Waals surface area contributed by atoms with E-state index in [1.54, 1.807) is 31.2 Å². The van der Waals surface area contributed by atoms with Gasteiger partial charge in [-0.2, -0.15) is 0 Å². The SMILES string of the molecule is Cc1ccc(C)c(NC(=O)C(C)Nc2cccc(C(N)=O)c2)c1. The predicted octanol–water partition coefficient (Wildman–Crippen LogP) is 2.84. The van der Waals surface area contributed by atoms with Crippen molar-refractivity contribution in [3.63, 3.8) is 0 Å². The van der Waals surface area contributed by atoms with Gasteiger partial charge in [-0.3, -0.25) is 9.59 Å². The van der Waals surface area contributed by atoms with E-state index in [0.29, 0.717) is 11.3 Å². The van der Waals surface area contributed by atoms with Gasteiger partial charge in [0.2, 0.25) is 11.8 Å². The molecule has 2 rings (SSSR count). The van der Waals surface area contributed by atoms with Crippen LogP contribution in [0.15, 0.2) is 42.5 Å². The maximum absolute atomic E-state index is 12.3. The van der Waals surface area contributed by atoms with Gasteiger partial charge >= 0.3 is 0 Å². The number of benzene rings is 2. The second-order valence-corrected chi connectivity index (χ2v) is 5.62. The van der Waals surface area contributed by atoms with E-state index < -0.39 is 11.9 Å². The second-order valence-electron chi connectivity index (χ2n) is 5.62. The van der Waals surface area contributed by atoms with Crippen molar-refractivity contribution in [1.82, 2.24) is 0 Å². The number of nitrogens with one attached hydrogen (secondary N) is 2. The molecule has 0 radical (unpaired) electrons. The lowest BCUT2D eigenvalue weighted by Crippen LogP contribution is -2.32. The van der Waals surface area contributed by atoms with Crippen LogP contribution in [0, 0.1) is 13.8 Å². The minimum absolute atomic E-state index is 0.150. The summed E-state index contributed by atoms with van der Waals surface area (Å²) >= 11 is 0. The largest absolute Gasteiger partial charge is 0.374 e. The van der Waals surface area contributed by atoms with Crippen molar-refractivity contribution >= 4 is 23.2 Å². The number of aryl methyl sites for hydroxylation is 2. The van der Waals surface area contributed by atoms with Crippen LogP contribution in [0.4, 0.5) is 11.4 Å². The van der Waals surface area contributed by atoms with Gasteiger partial charge in [-0.1, -0.05) is 18.2 Å². The van der Waals surface area contributed by atoms with E-state index >= 15 is 0 Å². The lowest BCUT2D eigenvalue weighted by Gasteiger charge is -2.17. The number of anilines is 2. The lowest BCUT2D eigenvalue weighted by molar-refractivity contribution is -0.116. The highest BCUT2D eigenvalue weighted by molar-refractivity contribution is 5.97. The summed E-state index contributed by atoms with van der Waals surface area (Å²) < 4.78 is 0. The number of hydrogen-bond donors (Lipinski definition) is 3. The van der Waals surface area contributed by atoms with Gasteiger partial charge in [0.25, 0.3) is 0 Å².